The second-order valence-corrected chi connectivity index (χ2v) is 5.37. The summed E-state index contributed by atoms with van der Waals surface area (Å²) in [5.74, 6) is -0.473. The van der Waals surface area contributed by atoms with Crippen molar-refractivity contribution < 1.29 is 24.1 Å². The van der Waals surface area contributed by atoms with Crippen molar-refractivity contribution in [2.24, 2.45) is 5.41 Å². The number of esters is 2. The van der Waals surface area contributed by atoms with E-state index < -0.39 is 12.5 Å². The van der Waals surface area contributed by atoms with Crippen LogP contribution in [0.5, 0.6) is 0 Å². The summed E-state index contributed by atoms with van der Waals surface area (Å²) in [5.41, 5.74) is -0.534. The molecule has 0 aromatic carbocycles. The molecule has 0 unspecified atom stereocenters. The normalized spacial score (nSPS) is 18.4. The third kappa shape index (κ3) is 4.21. The molecule has 0 bridgehead atoms. The zero-order valence-corrected chi connectivity index (χ0v) is 12.6. The topological polar surface area (TPSA) is 76.1 Å². The largest absolute Gasteiger partial charge is 0.469 e. The molecule has 0 amide bonds. The first kappa shape index (κ1) is 17.0. The number of carbonyl (C=O) groups is 2. The van der Waals surface area contributed by atoms with Gasteiger partial charge in [0.05, 0.1) is 19.6 Å². The molecular weight excluding hydrogens is 261 g/mol. The Bertz CT molecular complexity index is 340. The first-order chi connectivity index (χ1) is 9.45. The molecule has 20 heavy (non-hydrogen) atoms. The highest BCUT2D eigenvalue weighted by Gasteiger charge is 2.42. The van der Waals surface area contributed by atoms with Gasteiger partial charge in [-0.2, -0.15) is 0 Å². The zero-order valence-electron chi connectivity index (χ0n) is 12.6. The van der Waals surface area contributed by atoms with Crippen molar-refractivity contribution in [2.75, 3.05) is 27.3 Å². The van der Waals surface area contributed by atoms with E-state index in [0.717, 1.165) is 0 Å². The standard InChI is InChI=1S/C13H24BNO5/c1-14(18)15-9-7-13(8-10-15,12(17)20-3)6-4-5-11(16)19-2/h18H,4-10H2,1-3H3. The van der Waals surface area contributed by atoms with E-state index in [9.17, 15) is 14.6 Å². The number of carbonyl (C=O) groups excluding carboxylic acids is 2. The van der Waals surface area contributed by atoms with Gasteiger partial charge in [0.2, 0.25) is 0 Å². The van der Waals surface area contributed by atoms with Gasteiger partial charge in [0, 0.05) is 6.42 Å². The summed E-state index contributed by atoms with van der Waals surface area (Å²) in [6, 6.07) is 0. The zero-order chi connectivity index (χ0) is 15.2. The smallest absolute Gasteiger partial charge is 0.376 e. The minimum atomic E-state index is -0.534. The first-order valence-corrected chi connectivity index (χ1v) is 7.02. The maximum Gasteiger partial charge on any atom is 0.376 e. The molecule has 0 aliphatic carbocycles. The van der Waals surface area contributed by atoms with Crippen LogP contribution in [0.2, 0.25) is 6.82 Å². The third-order valence-electron chi connectivity index (χ3n) is 4.17. The molecule has 0 spiro atoms. The Labute approximate surface area is 120 Å². The van der Waals surface area contributed by atoms with Crippen LogP contribution in [0.15, 0.2) is 0 Å². The molecule has 0 radical (unpaired) electrons. The number of hydrogen-bond acceptors (Lipinski definition) is 6. The lowest BCUT2D eigenvalue weighted by molar-refractivity contribution is -0.156. The van der Waals surface area contributed by atoms with Crippen molar-refractivity contribution in [3.8, 4) is 0 Å². The van der Waals surface area contributed by atoms with Crippen LogP contribution in [0.3, 0.4) is 0 Å². The van der Waals surface area contributed by atoms with E-state index in [-0.39, 0.29) is 11.9 Å². The van der Waals surface area contributed by atoms with E-state index in [1.807, 2.05) is 4.81 Å². The molecule has 1 rings (SSSR count). The van der Waals surface area contributed by atoms with Crippen LogP contribution in [0, 0.1) is 5.41 Å². The predicted molar refractivity (Wildman–Crippen MR) is 75.0 cm³/mol. The summed E-state index contributed by atoms with van der Waals surface area (Å²) in [6.07, 6.45) is 2.83. The van der Waals surface area contributed by atoms with Crippen LogP contribution in [0.4, 0.5) is 0 Å². The number of rotatable bonds is 6. The monoisotopic (exact) mass is 285 g/mol. The lowest BCUT2D eigenvalue weighted by Crippen LogP contribution is -2.49. The van der Waals surface area contributed by atoms with Crippen molar-refractivity contribution in [1.29, 1.82) is 0 Å². The Hall–Kier alpha value is -1.08. The molecule has 114 valence electrons. The van der Waals surface area contributed by atoms with Gasteiger partial charge in [0.15, 0.2) is 0 Å². The Morgan fingerprint density at radius 3 is 2.30 bits per heavy atom. The number of methoxy groups -OCH3 is 2. The number of ether oxygens (including phenoxy) is 2. The molecule has 1 aliphatic heterocycles. The molecular formula is C13H24BNO5. The highest BCUT2D eigenvalue weighted by molar-refractivity contribution is 6.45. The van der Waals surface area contributed by atoms with E-state index in [4.69, 9.17) is 4.74 Å². The van der Waals surface area contributed by atoms with Crippen molar-refractivity contribution in [1.82, 2.24) is 4.81 Å². The summed E-state index contributed by atoms with van der Waals surface area (Å²) in [4.78, 5) is 25.2. The van der Waals surface area contributed by atoms with Crippen molar-refractivity contribution >= 4 is 19.0 Å². The van der Waals surface area contributed by atoms with Gasteiger partial charge in [-0.15, -0.1) is 0 Å². The van der Waals surface area contributed by atoms with Gasteiger partial charge in [-0.3, -0.25) is 9.59 Å². The Balaban J connectivity index is 2.60. The minimum Gasteiger partial charge on any atom is -0.469 e. The molecule has 1 heterocycles. The Kier molecular flexibility index (Phi) is 6.49. The molecule has 1 N–H and O–H groups in total. The van der Waals surface area contributed by atoms with Crippen LogP contribution in [-0.4, -0.2) is 56.1 Å². The lowest BCUT2D eigenvalue weighted by atomic mass is 9.71. The Morgan fingerprint density at radius 2 is 1.85 bits per heavy atom. The fraction of sp³-hybridized carbons (Fsp3) is 0.846. The molecule has 0 aromatic heterocycles. The average Bonchev–Trinajstić information content (AvgIpc) is 2.46. The van der Waals surface area contributed by atoms with Crippen LogP contribution in [-0.2, 0) is 19.1 Å². The van der Waals surface area contributed by atoms with Crippen molar-refractivity contribution in [3.05, 3.63) is 0 Å². The van der Waals surface area contributed by atoms with Crippen LogP contribution in [0.1, 0.15) is 32.1 Å². The van der Waals surface area contributed by atoms with Crippen LogP contribution >= 0.6 is 0 Å². The highest BCUT2D eigenvalue weighted by Crippen LogP contribution is 2.38. The minimum absolute atomic E-state index is 0.215. The van der Waals surface area contributed by atoms with Crippen LogP contribution in [0.25, 0.3) is 0 Å². The SMILES string of the molecule is COC(=O)CCCC1(C(=O)OC)CCN(B(C)O)CC1. The number of nitrogens with zero attached hydrogens (tertiary/aromatic N) is 1. The summed E-state index contributed by atoms with van der Waals surface area (Å²) in [5, 5.41) is 9.57. The maximum atomic E-state index is 12.1. The van der Waals surface area contributed by atoms with E-state index in [1.54, 1.807) is 6.82 Å². The molecule has 6 nitrogen and oxygen atoms in total. The molecule has 0 aromatic rings. The highest BCUT2D eigenvalue weighted by atomic mass is 16.5. The van der Waals surface area contributed by atoms with E-state index >= 15 is 0 Å². The summed E-state index contributed by atoms with van der Waals surface area (Å²) >= 11 is 0. The number of piperidine rings is 1. The second-order valence-electron chi connectivity index (χ2n) is 5.37. The fourth-order valence-corrected chi connectivity index (χ4v) is 2.77. The molecule has 1 aliphatic rings. The molecule has 0 saturated carbocycles. The summed E-state index contributed by atoms with van der Waals surface area (Å²) in [6.45, 7) is 3.04. The van der Waals surface area contributed by atoms with E-state index in [1.165, 1.54) is 14.2 Å². The predicted octanol–water partition coefficient (Wildman–Crippen LogP) is 0.695. The molecule has 7 heteroatoms. The van der Waals surface area contributed by atoms with Gasteiger partial charge in [-0.25, -0.2) is 0 Å². The lowest BCUT2D eigenvalue weighted by Gasteiger charge is -2.40. The molecule has 1 fully saturated rings. The molecule has 1 saturated heterocycles. The quantitative estimate of drug-likeness (QED) is 0.572. The van der Waals surface area contributed by atoms with Crippen LogP contribution < -0.4 is 0 Å². The molecule has 0 atom stereocenters. The van der Waals surface area contributed by atoms with Gasteiger partial charge in [0.25, 0.3) is 0 Å². The summed E-state index contributed by atoms with van der Waals surface area (Å²) < 4.78 is 9.55. The fourth-order valence-electron chi connectivity index (χ4n) is 2.77. The van der Waals surface area contributed by atoms with Gasteiger partial charge in [-0.1, -0.05) is 0 Å². The van der Waals surface area contributed by atoms with Gasteiger partial charge in [0.1, 0.15) is 0 Å². The van der Waals surface area contributed by atoms with Crippen molar-refractivity contribution in [3.63, 3.8) is 0 Å². The number of hydrogen-bond donors (Lipinski definition) is 1. The third-order valence-corrected chi connectivity index (χ3v) is 4.17. The van der Waals surface area contributed by atoms with Gasteiger partial charge < -0.3 is 19.3 Å². The van der Waals surface area contributed by atoms with Gasteiger partial charge in [-0.05, 0) is 45.6 Å². The maximum absolute atomic E-state index is 12.1. The first-order valence-electron chi connectivity index (χ1n) is 7.02. The summed E-state index contributed by atoms with van der Waals surface area (Å²) in [7, 11) is 2.26. The Morgan fingerprint density at radius 1 is 1.25 bits per heavy atom. The van der Waals surface area contributed by atoms with Crippen molar-refractivity contribution in [2.45, 2.75) is 38.9 Å². The van der Waals surface area contributed by atoms with E-state index in [0.29, 0.717) is 45.2 Å². The van der Waals surface area contributed by atoms with Gasteiger partial charge >= 0.3 is 19.0 Å². The second kappa shape index (κ2) is 7.64. The average molecular weight is 285 g/mol. The van der Waals surface area contributed by atoms with E-state index in [2.05, 4.69) is 4.74 Å².